The van der Waals surface area contributed by atoms with Crippen LogP contribution >= 0.6 is 21.6 Å². The van der Waals surface area contributed by atoms with E-state index in [9.17, 15) is 0 Å². The molecule has 0 unspecified atom stereocenters. The molecule has 0 saturated carbocycles. The van der Waals surface area contributed by atoms with Crippen LogP contribution in [0.1, 0.15) is 0 Å². The summed E-state index contributed by atoms with van der Waals surface area (Å²) in [6.07, 6.45) is 14.4. The van der Waals surface area contributed by atoms with E-state index in [2.05, 4.69) is 26.6 Å². The van der Waals surface area contributed by atoms with Gasteiger partial charge in [-0.25, -0.2) is 0 Å². The maximum atomic E-state index is 3.64. The Morgan fingerprint density at radius 1 is 0.600 bits per heavy atom. The standard InChI is InChI=1S/2C6H7N.C2H4S2.Ta.Tb/c2*1-7-5-3-2-4-6-7;1-3-4-2;;/h2*2-6H,1H2;1-2H2;;/q;;-2;+2;. The van der Waals surface area contributed by atoms with Gasteiger partial charge in [-0.1, -0.05) is 36.4 Å². The van der Waals surface area contributed by atoms with Gasteiger partial charge >= 0.3 is 22.4 Å². The van der Waals surface area contributed by atoms with Crippen LogP contribution in [0, 0.1) is 65.2 Å². The average molecular weight is 618 g/mol. The molecular weight excluding hydrogens is 600 g/mol. The molecule has 110 valence electrons. The molecule has 0 aromatic carbocycles. The summed E-state index contributed by atoms with van der Waals surface area (Å²) in [4.78, 5) is 0. The van der Waals surface area contributed by atoms with Crippen molar-refractivity contribution in [1.29, 1.82) is 0 Å². The van der Waals surface area contributed by atoms with E-state index in [4.69, 9.17) is 0 Å². The third-order valence-electron chi connectivity index (χ3n) is 1.64. The topological polar surface area (TPSA) is 7.76 Å². The van der Waals surface area contributed by atoms with Gasteiger partial charge in [0.2, 0.25) is 0 Å². The molecule has 0 bridgehead atoms. The van der Waals surface area contributed by atoms with Crippen molar-refractivity contribution in [2.45, 2.75) is 0 Å². The zero-order valence-corrected chi connectivity index (χ0v) is 18.1. The molecule has 2 aromatic heterocycles. The molecule has 0 N–H and O–H groups in total. The molecule has 2 rings (SSSR count). The molecule has 2 radical (unpaired) electrons. The maximum Gasteiger partial charge on any atom is 2.00 e. The smallest absolute Gasteiger partial charge is 0.339 e. The monoisotopic (exact) mass is 618 g/mol. The summed E-state index contributed by atoms with van der Waals surface area (Å²) in [7, 11) is 10.1. The molecule has 2 nitrogen and oxygen atoms in total. The molecule has 2 heterocycles. The van der Waals surface area contributed by atoms with Crippen molar-refractivity contribution in [3.63, 3.8) is 0 Å². The van der Waals surface area contributed by atoms with E-state index >= 15 is 0 Å². The first kappa shape index (κ1) is 25.7. The Morgan fingerprint density at radius 3 is 0.950 bits per heavy atom. The fourth-order valence-corrected chi connectivity index (χ4v) is 0.869. The minimum atomic E-state index is 0. The van der Waals surface area contributed by atoms with Crippen molar-refractivity contribution in [2.75, 3.05) is 0 Å². The summed E-state index contributed by atoms with van der Waals surface area (Å²) in [6, 6.07) is 11.7. The van der Waals surface area contributed by atoms with Crippen molar-refractivity contribution in [1.82, 2.24) is 0 Å². The van der Waals surface area contributed by atoms with E-state index in [1.54, 1.807) is 9.13 Å². The molecule has 0 saturated heterocycles. The second kappa shape index (κ2) is 19.8. The quantitative estimate of drug-likeness (QED) is 0.276. The van der Waals surface area contributed by atoms with Gasteiger partial charge < -0.3 is 30.7 Å². The predicted molar refractivity (Wildman–Crippen MR) is 80.7 cm³/mol. The molecule has 2 aromatic rings. The van der Waals surface area contributed by atoms with Crippen LogP contribution in [0.2, 0.25) is 0 Å². The van der Waals surface area contributed by atoms with E-state index in [0.717, 1.165) is 0 Å². The minimum Gasteiger partial charge on any atom is -0.339 e. The third kappa shape index (κ3) is 18.8. The fourth-order valence-electron chi connectivity index (χ4n) is 0.869. The molecule has 0 spiro atoms. The van der Waals surface area contributed by atoms with Gasteiger partial charge in [0.1, 0.15) is 0 Å². The van der Waals surface area contributed by atoms with Crippen LogP contribution < -0.4 is 9.13 Å². The largest absolute Gasteiger partial charge is 2.00 e. The van der Waals surface area contributed by atoms with Crippen molar-refractivity contribution in [2.24, 2.45) is 0 Å². The predicted octanol–water partition coefficient (Wildman–Crippen LogP) is 3.18. The number of hydrogen-bond acceptors (Lipinski definition) is 2. The zero-order chi connectivity index (χ0) is 13.6. The maximum absolute atomic E-state index is 3.64. The molecule has 0 aliphatic carbocycles. The Labute approximate surface area is 177 Å². The van der Waals surface area contributed by atoms with E-state index in [1.807, 2.05) is 61.2 Å². The van der Waals surface area contributed by atoms with Crippen molar-refractivity contribution in [3.8, 4) is 0 Å². The fraction of sp³-hybridized carbons (Fsp3) is 0. The second-order valence-corrected chi connectivity index (χ2v) is 4.90. The summed E-state index contributed by atoms with van der Waals surface area (Å²) in [5.74, 6) is 0. The summed E-state index contributed by atoms with van der Waals surface area (Å²) in [6.45, 7) is 0. The Kier molecular flexibility index (Phi) is 25.4. The first-order valence-corrected chi connectivity index (χ1v) is 7.56. The van der Waals surface area contributed by atoms with Gasteiger partial charge in [0.05, 0.1) is 24.8 Å². The van der Waals surface area contributed by atoms with Crippen LogP contribution in [-0.4, -0.2) is 0 Å². The van der Waals surface area contributed by atoms with Gasteiger partial charge in [0.15, 0.2) is 0 Å². The molecule has 0 amide bonds. The SMILES string of the molecule is [CH2-]SS[CH2-].[CH2-][n+]1ccccc1.[CH2-][n+]1ccccc1.[Ta+2].[Tb]. The zero-order valence-electron chi connectivity index (χ0n) is 11.1. The molecule has 0 fully saturated rings. The van der Waals surface area contributed by atoms with Gasteiger partial charge in [0.25, 0.3) is 0 Å². The first-order chi connectivity index (χ1) is 8.70. The van der Waals surface area contributed by atoms with E-state index in [-0.39, 0.29) is 61.0 Å². The average Bonchev–Trinajstić information content (AvgIpc) is 2.41. The number of nitrogens with zero attached hydrogens (tertiary/aromatic N) is 2. The third-order valence-corrected chi connectivity index (χ3v) is 2.30. The number of pyridine rings is 2. The van der Waals surface area contributed by atoms with Crippen molar-refractivity contribution < 1.29 is 70.1 Å². The van der Waals surface area contributed by atoms with Crippen LogP contribution in [0.5, 0.6) is 0 Å². The molecule has 0 aliphatic heterocycles. The number of rotatable bonds is 1. The first-order valence-electron chi connectivity index (χ1n) is 5.08. The number of hydrogen-bond donors (Lipinski definition) is 0. The van der Waals surface area contributed by atoms with E-state index in [1.165, 1.54) is 21.6 Å². The summed E-state index contributed by atoms with van der Waals surface area (Å²) < 4.78 is 3.50. The second-order valence-electron chi connectivity index (χ2n) is 3.02. The Balaban J connectivity index is -0.000000215. The summed E-state index contributed by atoms with van der Waals surface area (Å²) in [5, 5.41) is 0. The summed E-state index contributed by atoms with van der Waals surface area (Å²) >= 11 is 0. The minimum absolute atomic E-state index is 0. The Bertz CT molecular complexity index is 351. The van der Waals surface area contributed by atoms with E-state index in [0.29, 0.717) is 0 Å². The van der Waals surface area contributed by atoms with Gasteiger partial charge in [-0.15, -0.1) is 0 Å². The number of aromatic nitrogens is 2. The van der Waals surface area contributed by atoms with E-state index < -0.39 is 0 Å². The van der Waals surface area contributed by atoms with Crippen LogP contribution in [-0.2, 0) is 22.4 Å². The Hall–Kier alpha value is 0.766. The molecule has 6 heteroatoms. The van der Waals surface area contributed by atoms with Crippen LogP contribution in [0.15, 0.2) is 61.2 Å². The molecule has 0 atom stereocenters. The normalized spacial score (nSPS) is 7.50. The van der Waals surface area contributed by atoms with Gasteiger partial charge in [-0.2, -0.15) is 0 Å². The van der Waals surface area contributed by atoms with Gasteiger partial charge in [-0.3, -0.25) is 12.5 Å². The molecule has 20 heavy (non-hydrogen) atoms. The van der Waals surface area contributed by atoms with Crippen LogP contribution in [0.3, 0.4) is 0 Å². The van der Waals surface area contributed by atoms with Crippen LogP contribution in [0.4, 0.5) is 0 Å². The Morgan fingerprint density at radius 2 is 0.850 bits per heavy atom. The molecule has 0 aliphatic rings. The van der Waals surface area contributed by atoms with Crippen molar-refractivity contribution in [3.05, 3.63) is 87.8 Å². The van der Waals surface area contributed by atoms with Crippen LogP contribution in [0.25, 0.3) is 0 Å². The van der Waals surface area contributed by atoms with Gasteiger partial charge in [-0.05, 0) is 0 Å². The summed E-state index contributed by atoms with van der Waals surface area (Å²) in [5.41, 5.74) is 0. The van der Waals surface area contributed by atoms with Gasteiger partial charge in [0, 0.05) is 52.7 Å². The molecular formula is C14H18N2S2TaTb. The van der Waals surface area contributed by atoms with Crippen molar-refractivity contribution >= 4 is 21.6 Å².